The molecule has 1 heterocycles. The minimum atomic E-state index is -0.467. The largest absolute Gasteiger partial charge is 0.377 e. The molecule has 1 atom stereocenters. The Bertz CT molecular complexity index is 279. The third kappa shape index (κ3) is 4.00. The first-order valence-electron chi connectivity index (χ1n) is 6.23. The van der Waals surface area contributed by atoms with Gasteiger partial charge in [0.25, 0.3) is 0 Å². The molecule has 5 heteroatoms. The highest BCUT2D eigenvalue weighted by Crippen LogP contribution is 2.10. The van der Waals surface area contributed by atoms with Crippen LogP contribution in [0.1, 0.15) is 33.6 Å². The van der Waals surface area contributed by atoms with E-state index in [1.54, 1.807) is 4.90 Å². The second-order valence-electron chi connectivity index (χ2n) is 4.59. The van der Waals surface area contributed by atoms with Gasteiger partial charge in [-0.05, 0) is 20.3 Å². The summed E-state index contributed by atoms with van der Waals surface area (Å²) >= 11 is 0. The predicted molar refractivity (Wildman–Crippen MR) is 64.5 cm³/mol. The van der Waals surface area contributed by atoms with E-state index in [2.05, 4.69) is 5.32 Å². The maximum Gasteiger partial charge on any atom is 0.245 e. The lowest BCUT2D eigenvalue weighted by atomic mass is 10.1. The van der Waals surface area contributed by atoms with Crippen LogP contribution in [0.4, 0.5) is 0 Å². The van der Waals surface area contributed by atoms with Gasteiger partial charge in [-0.2, -0.15) is 0 Å². The molecule has 1 aliphatic rings. The Balaban J connectivity index is 2.65. The summed E-state index contributed by atoms with van der Waals surface area (Å²) in [6.07, 6.45) is 1.29. The maximum absolute atomic E-state index is 11.9. The number of rotatable bonds is 4. The van der Waals surface area contributed by atoms with Crippen LogP contribution in [0.25, 0.3) is 0 Å². The first-order chi connectivity index (χ1) is 8.06. The first-order valence-corrected chi connectivity index (χ1v) is 6.23. The van der Waals surface area contributed by atoms with Crippen molar-refractivity contribution in [3.8, 4) is 0 Å². The van der Waals surface area contributed by atoms with Gasteiger partial charge >= 0.3 is 0 Å². The van der Waals surface area contributed by atoms with Crippen LogP contribution in [0.15, 0.2) is 0 Å². The Kier molecular flexibility index (Phi) is 5.41. The van der Waals surface area contributed by atoms with Crippen molar-refractivity contribution in [2.75, 3.05) is 19.8 Å². The Morgan fingerprint density at radius 3 is 2.76 bits per heavy atom. The summed E-state index contributed by atoms with van der Waals surface area (Å²) in [4.78, 5) is 25.5. The van der Waals surface area contributed by atoms with E-state index < -0.39 is 6.04 Å². The molecule has 0 radical (unpaired) electrons. The number of nitrogens with zero attached hydrogens (tertiary/aromatic N) is 1. The van der Waals surface area contributed by atoms with Crippen LogP contribution in [0, 0.1) is 0 Å². The van der Waals surface area contributed by atoms with Gasteiger partial charge in [0.15, 0.2) is 0 Å². The van der Waals surface area contributed by atoms with E-state index in [4.69, 9.17) is 4.74 Å². The lowest BCUT2D eigenvalue weighted by Crippen LogP contribution is -2.56. The van der Waals surface area contributed by atoms with E-state index in [1.807, 2.05) is 20.8 Å². The van der Waals surface area contributed by atoms with Crippen LogP contribution in [0.5, 0.6) is 0 Å². The summed E-state index contributed by atoms with van der Waals surface area (Å²) in [5.74, 6) is -0.0798. The third-order valence-electron chi connectivity index (χ3n) is 2.65. The zero-order valence-electron chi connectivity index (χ0n) is 10.9. The zero-order chi connectivity index (χ0) is 12.8. The fourth-order valence-electron chi connectivity index (χ4n) is 1.86. The van der Waals surface area contributed by atoms with Crippen LogP contribution in [-0.2, 0) is 14.3 Å². The average molecular weight is 242 g/mol. The van der Waals surface area contributed by atoms with Crippen molar-refractivity contribution in [1.82, 2.24) is 10.2 Å². The fraction of sp³-hybridized carbons (Fsp3) is 0.833. The van der Waals surface area contributed by atoms with Crippen LogP contribution >= 0.6 is 0 Å². The standard InChI is InChI=1S/C12H22N2O3/c1-4-5-11(15)14-6-7-17-8-10(14)12(16)13-9(2)3/h9-10H,4-8H2,1-3H3,(H,13,16). The van der Waals surface area contributed by atoms with Gasteiger partial charge in [0.2, 0.25) is 11.8 Å². The molecule has 0 saturated carbocycles. The lowest BCUT2D eigenvalue weighted by molar-refractivity contribution is -0.148. The van der Waals surface area contributed by atoms with E-state index in [0.29, 0.717) is 26.2 Å². The van der Waals surface area contributed by atoms with Gasteiger partial charge in [-0.3, -0.25) is 9.59 Å². The molecule has 0 aliphatic carbocycles. The smallest absolute Gasteiger partial charge is 0.245 e. The SMILES string of the molecule is CCCC(=O)N1CCOCC1C(=O)NC(C)C. The Morgan fingerprint density at radius 2 is 2.18 bits per heavy atom. The van der Waals surface area contributed by atoms with Gasteiger partial charge in [0.1, 0.15) is 6.04 Å². The molecule has 0 bridgehead atoms. The number of carbonyl (C=O) groups is 2. The van der Waals surface area contributed by atoms with Crippen LogP contribution in [0.3, 0.4) is 0 Å². The normalized spacial score (nSPS) is 20.5. The molecule has 0 spiro atoms. The molecule has 2 amide bonds. The summed E-state index contributed by atoms with van der Waals surface area (Å²) in [5.41, 5.74) is 0. The second kappa shape index (κ2) is 6.59. The second-order valence-corrected chi connectivity index (χ2v) is 4.59. The highest BCUT2D eigenvalue weighted by Gasteiger charge is 2.32. The van der Waals surface area contributed by atoms with Gasteiger partial charge < -0.3 is 15.0 Å². The molecule has 1 aliphatic heterocycles. The van der Waals surface area contributed by atoms with Crippen molar-refractivity contribution in [2.45, 2.75) is 45.7 Å². The van der Waals surface area contributed by atoms with Crippen LogP contribution in [0.2, 0.25) is 0 Å². The minimum absolute atomic E-state index is 0.0414. The molecule has 0 aromatic heterocycles. The Morgan fingerprint density at radius 1 is 1.47 bits per heavy atom. The van der Waals surface area contributed by atoms with Crippen molar-refractivity contribution < 1.29 is 14.3 Å². The maximum atomic E-state index is 11.9. The number of hydrogen-bond acceptors (Lipinski definition) is 3. The van der Waals surface area contributed by atoms with E-state index >= 15 is 0 Å². The molecule has 1 unspecified atom stereocenters. The molecule has 1 rings (SSSR count). The van der Waals surface area contributed by atoms with Crippen molar-refractivity contribution >= 4 is 11.8 Å². The first kappa shape index (κ1) is 14.0. The van der Waals surface area contributed by atoms with Crippen LogP contribution < -0.4 is 5.32 Å². The molecule has 17 heavy (non-hydrogen) atoms. The average Bonchev–Trinajstić information content (AvgIpc) is 2.28. The number of amides is 2. The summed E-state index contributed by atoms with van der Waals surface area (Å²) in [6.45, 7) is 7.09. The monoisotopic (exact) mass is 242 g/mol. The molecule has 1 saturated heterocycles. The molecule has 0 aromatic carbocycles. The van der Waals surface area contributed by atoms with Crippen LogP contribution in [-0.4, -0.2) is 48.6 Å². The van der Waals surface area contributed by atoms with E-state index in [1.165, 1.54) is 0 Å². The minimum Gasteiger partial charge on any atom is -0.377 e. The summed E-state index contributed by atoms with van der Waals surface area (Å²) in [5, 5.41) is 2.83. The molecule has 5 nitrogen and oxygen atoms in total. The molecule has 1 N–H and O–H groups in total. The van der Waals surface area contributed by atoms with Gasteiger partial charge in [-0.15, -0.1) is 0 Å². The van der Waals surface area contributed by atoms with Gasteiger partial charge in [-0.25, -0.2) is 0 Å². The van der Waals surface area contributed by atoms with Crippen molar-refractivity contribution in [1.29, 1.82) is 0 Å². The molecule has 0 aromatic rings. The highest BCUT2D eigenvalue weighted by molar-refractivity contribution is 5.88. The Hall–Kier alpha value is -1.10. The van der Waals surface area contributed by atoms with Gasteiger partial charge in [0.05, 0.1) is 13.2 Å². The van der Waals surface area contributed by atoms with E-state index in [0.717, 1.165) is 6.42 Å². The van der Waals surface area contributed by atoms with Crippen molar-refractivity contribution in [3.05, 3.63) is 0 Å². The molecule has 98 valence electrons. The fourth-order valence-corrected chi connectivity index (χ4v) is 1.86. The molecular weight excluding hydrogens is 220 g/mol. The number of nitrogens with one attached hydrogen (secondary N) is 1. The van der Waals surface area contributed by atoms with Crippen molar-refractivity contribution in [2.24, 2.45) is 0 Å². The number of morpholine rings is 1. The van der Waals surface area contributed by atoms with E-state index in [9.17, 15) is 9.59 Å². The highest BCUT2D eigenvalue weighted by atomic mass is 16.5. The number of ether oxygens (including phenoxy) is 1. The third-order valence-corrected chi connectivity index (χ3v) is 2.65. The van der Waals surface area contributed by atoms with E-state index in [-0.39, 0.29) is 17.9 Å². The summed E-state index contributed by atoms with van der Waals surface area (Å²) in [7, 11) is 0. The zero-order valence-corrected chi connectivity index (χ0v) is 10.9. The molecular formula is C12H22N2O3. The number of carbonyl (C=O) groups excluding carboxylic acids is 2. The molecule has 1 fully saturated rings. The topological polar surface area (TPSA) is 58.6 Å². The lowest BCUT2D eigenvalue weighted by Gasteiger charge is -2.35. The van der Waals surface area contributed by atoms with Gasteiger partial charge in [-0.1, -0.05) is 6.92 Å². The number of hydrogen-bond donors (Lipinski definition) is 1. The summed E-state index contributed by atoms with van der Waals surface area (Å²) < 4.78 is 5.29. The Labute approximate surface area is 102 Å². The van der Waals surface area contributed by atoms with Gasteiger partial charge in [0, 0.05) is 19.0 Å². The summed E-state index contributed by atoms with van der Waals surface area (Å²) in [6, 6.07) is -0.391. The predicted octanol–water partition coefficient (Wildman–Crippen LogP) is 0.539. The van der Waals surface area contributed by atoms with Crippen molar-refractivity contribution in [3.63, 3.8) is 0 Å². The quantitative estimate of drug-likeness (QED) is 0.782.